The van der Waals surface area contributed by atoms with Crippen LogP contribution in [-0.4, -0.2) is 18.7 Å². The fourth-order valence-electron chi connectivity index (χ4n) is 1.61. The van der Waals surface area contributed by atoms with Gasteiger partial charge in [0.05, 0.1) is 6.10 Å². The van der Waals surface area contributed by atoms with Crippen LogP contribution < -0.4 is 5.32 Å². The molecule has 1 rings (SSSR count). The molecular weight excluding hydrogens is 229 g/mol. The summed E-state index contributed by atoms with van der Waals surface area (Å²) in [5.74, 6) is -0.211. The maximum absolute atomic E-state index is 12.9. The smallest absolute Gasteiger partial charge is 0.123 e. The maximum Gasteiger partial charge on any atom is 0.123 e. The monoisotopic (exact) mass is 253 g/mol. The van der Waals surface area contributed by atoms with E-state index in [9.17, 15) is 4.39 Å². The molecule has 0 aliphatic carbocycles. The summed E-state index contributed by atoms with van der Waals surface area (Å²) >= 11 is 0. The zero-order valence-electron chi connectivity index (χ0n) is 11.8. The quantitative estimate of drug-likeness (QED) is 0.835. The standard InChI is InChI=1S/C15H24FNO/c1-5-10-18-14(11-17-15(2,3)4)12-6-8-13(16)9-7-12/h6-9,14,17H,5,10-11H2,1-4H3. The number of halogens is 1. The fourth-order valence-corrected chi connectivity index (χ4v) is 1.61. The molecule has 0 heterocycles. The van der Waals surface area contributed by atoms with Crippen LogP contribution in [0.25, 0.3) is 0 Å². The Morgan fingerprint density at radius 3 is 2.33 bits per heavy atom. The zero-order valence-corrected chi connectivity index (χ0v) is 11.8. The van der Waals surface area contributed by atoms with Gasteiger partial charge < -0.3 is 10.1 Å². The number of ether oxygens (including phenoxy) is 1. The van der Waals surface area contributed by atoms with Gasteiger partial charge in [0.25, 0.3) is 0 Å². The lowest BCUT2D eigenvalue weighted by Crippen LogP contribution is -2.39. The summed E-state index contributed by atoms with van der Waals surface area (Å²) in [6.45, 7) is 9.89. The summed E-state index contributed by atoms with van der Waals surface area (Å²) in [5, 5.41) is 3.43. The van der Waals surface area contributed by atoms with Crippen LogP contribution in [0.2, 0.25) is 0 Å². The second kappa shape index (κ2) is 6.86. The van der Waals surface area contributed by atoms with Crippen molar-refractivity contribution in [3.63, 3.8) is 0 Å². The molecule has 0 spiro atoms. The van der Waals surface area contributed by atoms with Gasteiger partial charge in [-0.1, -0.05) is 19.1 Å². The van der Waals surface area contributed by atoms with E-state index in [1.54, 1.807) is 12.1 Å². The third-order valence-electron chi connectivity index (χ3n) is 2.58. The molecule has 1 aromatic carbocycles. The van der Waals surface area contributed by atoms with Crippen molar-refractivity contribution >= 4 is 0 Å². The van der Waals surface area contributed by atoms with Crippen molar-refractivity contribution in [3.8, 4) is 0 Å². The Morgan fingerprint density at radius 1 is 1.22 bits per heavy atom. The van der Waals surface area contributed by atoms with Crippen LogP contribution in [0.15, 0.2) is 24.3 Å². The van der Waals surface area contributed by atoms with Crippen LogP contribution in [0.1, 0.15) is 45.8 Å². The summed E-state index contributed by atoms with van der Waals surface area (Å²) in [6, 6.07) is 6.55. The molecule has 0 saturated carbocycles. The molecule has 102 valence electrons. The molecule has 1 atom stereocenters. The highest BCUT2D eigenvalue weighted by atomic mass is 19.1. The van der Waals surface area contributed by atoms with Crippen LogP contribution in [0.3, 0.4) is 0 Å². The van der Waals surface area contributed by atoms with Gasteiger partial charge in [-0.3, -0.25) is 0 Å². The van der Waals surface area contributed by atoms with Crippen molar-refractivity contribution < 1.29 is 9.13 Å². The lowest BCUT2D eigenvalue weighted by atomic mass is 10.1. The van der Waals surface area contributed by atoms with Crippen molar-refractivity contribution in [1.82, 2.24) is 5.32 Å². The van der Waals surface area contributed by atoms with Gasteiger partial charge in [0.15, 0.2) is 0 Å². The maximum atomic E-state index is 12.9. The minimum absolute atomic E-state index is 0.0234. The van der Waals surface area contributed by atoms with Crippen LogP contribution in [0, 0.1) is 5.82 Å². The SMILES string of the molecule is CCCOC(CNC(C)(C)C)c1ccc(F)cc1. The van der Waals surface area contributed by atoms with E-state index >= 15 is 0 Å². The predicted molar refractivity (Wildman–Crippen MR) is 73.1 cm³/mol. The van der Waals surface area contributed by atoms with Gasteiger partial charge in [-0.2, -0.15) is 0 Å². The molecule has 2 nitrogen and oxygen atoms in total. The molecule has 0 aliphatic heterocycles. The molecule has 0 radical (unpaired) electrons. The van der Waals surface area contributed by atoms with Crippen molar-refractivity contribution in [1.29, 1.82) is 0 Å². The van der Waals surface area contributed by atoms with E-state index in [-0.39, 0.29) is 17.5 Å². The van der Waals surface area contributed by atoms with Crippen LogP contribution in [-0.2, 0) is 4.74 Å². The summed E-state index contributed by atoms with van der Waals surface area (Å²) < 4.78 is 18.7. The first kappa shape index (κ1) is 15.1. The first-order chi connectivity index (χ1) is 8.42. The van der Waals surface area contributed by atoms with Gasteiger partial charge in [0, 0.05) is 18.7 Å². The molecule has 1 unspecified atom stereocenters. The molecule has 0 aromatic heterocycles. The Morgan fingerprint density at radius 2 is 1.83 bits per heavy atom. The second-order valence-electron chi connectivity index (χ2n) is 5.54. The van der Waals surface area contributed by atoms with Crippen molar-refractivity contribution in [2.75, 3.05) is 13.2 Å². The number of nitrogens with one attached hydrogen (secondary N) is 1. The largest absolute Gasteiger partial charge is 0.372 e. The third-order valence-corrected chi connectivity index (χ3v) is 2.58. The normalized spacial score (nSPS) is 13.6. The Balaban J connectivity index is 2.68. The number of hydrogen-bond acceptors (Lipinski definition) is 2. The highest BCUT2D eigenvalue weighted by Gasteiger charge is 2.16. The Labute approximate surface area is 110 Å². The van der Waals surface area contributed by atoms with Gasteiger partial charge in [-0.15, -0.1) is 0 Å². The Bertz CT molecular complexity index is 343. The Kier molecular flexibility index (Phi) is 5.76. The van der Waals surface area contributed by atoms with E-state index in [0.29, 0.717) is 6.61 Å². The van der Waals surface area contributed by atoms with Crippen molar-refractivity contribution in [2.24, 2.45) is 0 Å². The molecule has 0 fully saturated rings. The molecule has 1 N–H and O–H groups in total. The number of hydrogen-bond donors (Lipinski definition) is 1. The van der Waals surface area contributed by atoms with Gasteiger partial charge in [-0.25, -0.2) is 4.39 Å². The molecule has 0 saturated heterocycles. The Hall–Kier alpha value is -0.930. The molecule has 0 bridgehead atoms. The van der Waals surface area contributed by atoms with Crippen LogP contribution in [0.4, 0.5) is 4.39 Å². The van der Waals surface area contributed by atoms with E-state index in [1.807, 2.05) is 0 Å². The summed E-state index contributed by atoms with van der Waals surface area (Å²) in [4.78, 5) is 0. The minimum atomic E-state index is -0.211. The average molecular weight is 253 g/mol. The lowest BCUT2D eigenvalue weighted by Gasteiger charge is -2.25. The van der Waals surface area contributed by atoms with E-state index in [0.717, 1.165) is 18.5 Å². The van der Waals surface area contributed by atoms with E-state index < -0.39 is 0 Å². The first-order valence-corrected chi connectivity index (χ1v) is 6.54. The first-order valence-electron chi connectivity index (χ1n) is 6.54. The highest BCUT2D eigenvalue weighted by molar-refractivity contribution is 5.19. The number of benzene rings is 1. The van der Waals surface area contributed by atoms with Crippen LogP contribution in [0.5, 0.6) is 0 Å². The average Bonchev–Trinajstić information content (AvgIpc) is 2.29. The van der Waals surface area contributed by atoms with E-state index in [2.05, 4.69) is 33.0 Å². The summed E-state index contributed by atoms with van der Waals surface area (Å²) in [6.07, 6.45) is 0.956. The zero-order chi connectivity index (χ0) is 13.6. The fraction of sp³-hybridized carbons (Fsp3) is 0.600. The molecule has 0 aliphatic rings. The minimum Gasteiger partial charge on any atom is -0.372 e. The summed E-state index contributed by atoms with van der Waals surface area (Å²) in [7, 11) is 0. The van der Waals surface area contributed by atoms with Gasteiger partial charge >= 0.3 is 0 Å². The molecule has 18 heavy (non-hydrogen) atoms. The number of rotatable bonds is 6. The van der Waals surface area contributed by atoms with Crippen molar-refractivity contribution in [2.45, 2.75) is 45.8 Å². The van der Waals surface area contributed by atoms with Crippen LogP contribution >= 0.6 is 0 Å². The van der Waals surface area contributed by atoms with Gasteiger partial charge in [0.1, 0.15) is 5.82 Å². The second-order valence-corrected chi connectivity index (χ2v) is 5.54. The highest BCUT2D eigenvalue weighted by Crippen LogP contribution is 2.18. The molecule has 3 heteroatoms. The van der Waals surface area contributed by atoms with Gasteiger partial charge in [-0.05, 0) is 44.9 Å². The predicted octanol–water partition coefficient (Wildman–Crippen LogP) is 3.68. The van der Waals surface area contributed by atoms with E-state index in [4.69, 9.17) is 4.74 Å². The molecule has 1 aromatic rings. The topological polar surface area (TPSA) is 21.3 Å². The van der Waals surface area contributed by atoms with Gasteiger partial charge in [0.2, 0.25) is 0 Å². The molecule has 0 amide bonds. The summed E-state index contributed by atoms with van der Waals surface area (Å²) in [5.41, 5.74) is 1.06. The third kappa shape index (κ3) is 5.61. The lowest BCUT2D eigenvalue weighted by molar-refractivity contribution is 0.0486. The molecular formula is C15H24FNO. The van der Waals surface area contributed by atoms with E-state index in [1.165, 1.54) is 12.1 Å². The van der Waals surface area contributed by atoms with Crippen molar-refractivity contribution in [3.05, 3.63) is 35.6 Å².